The molecule has 0 spiro atoms. The van der Waals surface area contributed by atoms with Gasteiger partial charge < -0.3 is 5.73 Å². The molecule has 0 fully saturated rings. The number of hydrogen-bond donors (Lipinski definition) is 3. The highest BCUT2D eigenvalue weighted by Gasteiger charge is 2.08. The summed E-state index contributed by atoms with van der Waals surface area (Å²) < 4.78 is 1.06. The van der Waals surface area contributed by atoms with Crippen molar-refractivity contribution in [2.24, 2.45) is 5.73 Å². The van der Waals surface area contributed by atoms with Crippen molar-refractivity contribution < 1.29 is 0 Å². The van der Waals surface area contributed by atoms with Crippen LogP contribution < -0.4 is 16.6 Å². The van der Waals surface area contributed by atoms with Crippen LogP contribution in [0.25, 0.3) is 10.2 Å². The zero-order valence-corrected chi connectivity index (χ0v) is 10.8. The van der Waals surface area contributed by atoms with Crippen molar-refractivity contribution in [3.8, 4) is 0 Å². The lowest BCUT2D eigenvalue weighted by Crippen LogP contribution is -2.33. The molecule has 0 aliphatic carbocycles. The van der Waals surface area contributed by atoms with Gasteiger partial charge in [-0.05, 0) is 36.8 Å². The maximum Gasteiger partial charge on any atom is 0.202 e. The van der Waals surface area contributed by atoms with E-state index in [2.05, 4.69) is 28.1 Å². The minimum atomic E-state index is 0.175. The van der Waals surface area contributed by atoms with E-state index in [9.17, 15) is 0 Å². The Morgan fingerprint density at radius 3 is 3.00 bits per heavy atom. The van der Waals surface area contributed by atoms with Crippen LogP contribution in [0.1, 0.15) is 5.56 Å². The van der Waals surface area contributed by atoms with Gasteiger partial charge in [-0.1, -0.05) is 22.9 Å². The van der Waals surface area contributed by atoms with Crippen molar-refractivity contribution >= 4 is 55.6 Å². The van der Waals surface area contributed by atoms with Gasteiger partial charge in [-0.3, -0.25) is 10.9 Å². The molecule has 1 aromatic heterocycles. The predicted octanol–water partition coefficient (Wildman–Crippen LogP) is 2.42. The fourth-order valence-corrected chi connectivity index (χ4v) is 2.35. The Morgan fingerprint density at radius 1 is 1.56 bits per heavy atom. The summed E-state index contributed by atoms with van der Waals surface area (Å²) in [5, 5.41) is 1.59. The van der Waals surface area contributed by atoms with Crippen molar-refractivity contribution in [1.29, 1.82) is 0 Å². The van der Waals surface area contributed by atoms with Gasteiger partial charge in [0.2, 0.25) is 5.13 Å². The third-order valence-electron chi connectivity index (χ3n) is 2.04. The van der Waals surface area contributed by atoms with E-state index in [1.54, 1.807) is 0 Å². The van der Waals surface area contributed by atoms with Gasteiger partial charge in [0.25, 0.3) is 0 Å². The second kappa shape index (κ2) is 4.40. The fraction of sp³-hybridized carbons (Fsp3) is 0.111. The molecule has 0 aliphatic heterocycles. The maximum absolute atomic E-state index is 6.01. The second-order valence-electron chi connectivity index (χ2n) is 3.15. The smallest absolute Gasteiger partial charge is 0.202 e. The van der Waals surface area contributed by atoms with Crippen molar-refractivity contribution in [3.63, 3.8) is 0 Å². The number of thiocarbonyl (C=S) groups is 1. The Kier molecular flexibility index (Phi) is 3.13. The van der Waals surface area contributed by atoms with Crippen LogP contribution in [0, 0.1) is 6.92 Å². The van der Waals surface area contributed by atoms with Crippen molar-refractivity contribution in [2.45, 2.75) is 6.92 Å². The number of benzene rings is 1. The quantitative estimate of drug-likeness (QED) is 0.579. The van der Waals surface area contributed by atoms with E-state index in [-0.39, 0.29) is 5.11 Å². The molecule has 0 aliphatic rings. The van der Waals surface area contributed by atoms with Crippen LogP contribution >= 0.6 is 35.2 Å². The van der Waals surface area contributed by atoms with Gasteiger partial charge in [0.15, 0.2) is 5.11 Å². The van der Waals surface area contributed by atoms with E-state index >= 15 is 0 Å². The van der Waals surface area contributed by atoms with E-state index in [0.717, 1.165) is 15.8 Å². The summed E-state index contributed by atoms with van der Waals surface area (Å²) in [6, 6.07) is 3.80. The Balaban J connectivity index is 2.36. The molecule has 0 amide bonds. The molecule has 0 unspecified atom stereocenters. The molecule has 0 atom stereocenters. The molecule has 2 rings (SSSR count). The monoisotopic (exact) mass is 272 g/mol. The summed E-state index contributed by atoms with van der Waals surface area (Å²) in [7, 11) is 0. The van der Waals surface area contributed by atoms with Crippen LogP contribution in [0.4, 0.5) is 5.13 Å². The van der Waals surface area contributed by atoms with Crippen LogP contribution in [-0.4, -0.2) is 10.1 Å². The normalized spacial score (nSPS) is 10.4. The van der Waals surface area contributed by atoms with Crippen molar-refractivity contribution in [2.75, 3.05) is 5.43 Å². The molecule has 16 heavy (non-hydrogen) atoms. The largest absolute Gasteiger partial charge is 0.375 e. The zero-order chi connectivity index (χ0) is 11.7. The SMILES string of the molecule is Cc1c(Cl)ccc2sc(NNC(N)=S)nc12. The number of nitrogens with zero attached hydrogens (tertiary/aromatic N) is 1. The van der Waals surface area contributed by atoms with Gasteiger partial charge in [0, 0.05) is 5.02 Å². The van der Waals surface area contributed by atoms with Crippen LogP contribution in [0.3, 0.4) is 0 Å². The molecule has 4 nitrogen and oxygen atoms in total. The molecule has 1 heterocycles. The first kappa shape index (κ1) is 11.4. The number of hydrogen-bond acceptors (Lipinski definition) is 4. The van der Waals surface area contributed by atoms with E-state index < -0.39 is 0 Å². The van der Waals surface area contributed by atoms with Gasteiger partial charge in [-0.15, -0.1) is 0 Å². The summed E-state index contributed by atoms with van der Waals surface area (Å²) in [6.07, 6.45) is 0. The topological polar surface area (TPSA) is 63.0 Å². The van der Waals surface area contributed by atoms with E-state index in [1.165, 1.54) is 11.3 Å². The standard InChI is InChI=1S/C9H9ClN4S2/c1-4-5(10)2-3-6-7(4)12-9(16-6)14-13-8(11)15/h2-3H,1H3,(H,12,14)(H3,11,13,15). The molecule has 0 saturated carbocycles. The van der Waals surface area contributed by atoms with E-state index in [0.29, 0.717) is 10.2 Å². The molecular weight excluding hydrogens is 264 g/mol. The maximum atomic E-state index is 6.01. The predicted molar refractivity (Wildman–Crippen MR) is 72.9 cm³/mol. The lowest BCUT2D eigenvalue weighted by Gasteiger charge is -2.01. The van der Waals surface area contributed by atoms with Crippen LogP contribution in [0.15, 0.2) is 12.1 Å². The number of aromatic nitrogens is 1. The van der Waals surface area contributed by atoms with E-state index in [1.807, 2.05) is 19.1 Å². The number of anilines is 1. The number of rotatable bonds is 2. The average molecular weight is 273 g/mol. The highest BCUT2D eigenvalue weighted by Crippen LogP contribution is 2.31. The number of nitrogens with one attached hydrogen (secondary N) is 2. The fourth-order valence-electron chi connectivity index (χ4n) is 1.27. The Bertz CT molecular complexity index is 552. The summed E-state index contributed by atoms with van der Waals surface area (Å²) in [5.41, 5.74) is 12.6. The molecule has 7 heteroatoms. The van der Waals surface area contributed by atoms with Crippen LogP contribution in [0.5, 0.6) is 0 Å². The summed E-state index contributed by atoms with van der Waals surface area (Å²) in [6.45, 7) is 1.94. The number of thiazole rings is 1. The third kappa shape index (κ3) is 2.18. The number of hydrazine groups is 1. The zero-order valence-electron chi connectivity index (χ0n) is 8.37. The summed E-state index contributed by atoms with van der Waals surface area (Å²) >= 11 is 12.2. The third-order valence-corrected chi connectivity index (χ3v) is 3.49. The summed E-state index contributed by atoms with van der Waals surface area (Å²) in [4.78, 5) is 4.39. The van der Waals surface area contributed by atoms with Crippen LogP contribution in [0.2, 0.25) is 5.02 Å². The number of fused-ring (bicyclic) bond motifs is 1. The second-order valence-corrected chi connectivity index (χ2v) is 5.03. The molecule has 2 aromatic rings. The minimum absolute atomic E-state index is 0.175. The average Bonchev–Trinajstić information content (AvgIpc) is 2.64. The molecule has 4 N–H and O–H groups in total. The first-order valence-electron chi connectivity index (χ1n) is 4.45. The number of halogens is 1. The lowest BCUT2D eigenvalue weighted by atomic mass is 10.2. The molecule has 0 saturated heterocycles. The Hall–Kier alpha value is -1.11. The number of aryl methyl sites for hydroxylation is 1. The lowest BCUT2D eigenvalue weighted by molar-refractivity contribution is 1.12. The first-order chi connectivity index (χ1) is 7.58. The molecule has 1 aromatic carbocycles. The van der Waals surface area contributed by atoms with Crippen LogP contribution in [-0.2, 0) is 0 Å². The van der Waals surface area contributed by atoms with Gasteiger partial charge in [-0.25, -0.2) is 4.98 Å². The van der Waals surface area contributed by atoms with Gasteiger partial charge in [-0.2, -0.15) is 0 Å². The molecular formula is C9H9ClN4S2. The van der Waals surface area contributed by atoms with E-state index in [4.69, 9.17) is 17.3 Å². The highest BCUT2D eigenvalue weighted by molar-refractivity contribution is 7.80. The summed E-state index contributed by atoms with van der Waals surface area (Å²) in [5.74, 6) is 0. The molecule has 84 valence electrons. The highest BCUT2D eigenvalue weighted by atomic mass is 35.5. The Labute approximate surface area is 107 Å². The van der Waals surface area contributed by atoms with Crippen molar-refractivity contribution in [3.05, 3.63) is 22.7 Å². The van der Waals surface area contributed by atoms with Gasteiger partial charge >= 0.3 is 0 Å². The molecule has 0 radical (unpaired) electrons. The van der Waals surface area contributed by atoms with Gasteiger partial charge in [0.05, 0.1) is 10.2 Å². The van der Waals surface area contributed by atoms with Crippen molar-refractivity contribution in [1.82, 2.24) is 10.4 Å². The molecule has 0 bridgehead atoms. The Morgan fingerprint density at radius 2 is 2.31 bits per heavy atom. The minimum Gasteiger partial charge on any atom is -0.375 e. The number of nitrogens with two attached hydrogens (primary N) is 1. The van der Waals surface area contributed by atoms with Gasteiger partial charge in [0.1, 0.15) is 0 Å². The first-order valence-corrected chi connectivity index (χ1v) is 6.05.